The van der Waals surface area contributed by atoms with Gasteiger partial charge in [-0.2, -0.15) is 0 Å². The van der Waals surface area contributed by atoms with E-state index in [1.54, 1.807) is 47.4 Å². The fourth-order valence-electron chi connectivity index (χ4n) is 10.7. The first-order chi connectivity index (χ1) is 31.6. The summed E-state index contributed by atoms with van der Waals surface area (Å²) in [5.41, 5.74) is 3.96. The van der Waals surface area contributed by atoms with Gasteiger partial charge in [0.1, 0.15) is 17.6 Å². The lowest BCUT2D eigenvalue weighted by Gasteiger charge is -2.39. The van der Waals surface area contributed by atoms with Gasteiger partial charge in [-0.05, 0) is 96.3 Å². The molecule has 4 aromatic carbocycles. The molecule has 5 atom stereocenters. The first kappa shape index (κ1) is 45.2. The first-order valence-corrected chi connectivity index (χ1v) is 23.1. The van der Waals surface area contributed by atoms with Crippen LogP contribution in [0.15, 0.2) is 72.8 Å². The molecule has 66 heavy (non-hydrogen) atoms. The van der Waals surface area contributed by atoms with Gasteiger partial charge in [0.15, 0.2) is 0 Å². The van der Waals surface area contributed by atoms with Crippen LogP contribution in [0.25, 0.3) is 0 Å². The number of benzene rings is 4. The van der Waals surface area contributed by atoms with Crippen molar-refractivity contribution >= 4 is 64.1 Å². The van der Waals surface area contributed by atoms with Crippen molar-refractivity contribution < 1.29 is 33.1 Å². The van der Waals surface area contributed by atoms with E-state index >= 15 is 4.39 Å². The van der Waals surface area contributed by atoms with Crippen molar-refractivity contribution in [3.8, 4) is 17.6 Å². The van der Waals surface area contributed by atoms with E-state index in [1.165, 1.54) is 18.1 Å². The average Bonchev–Trinajstić information content (AvgIpc) is 3.94. The highest BCUT2D eigenvalue weighted by Crippen LogP contribution is 2.57. The van der Waals surface area contributed by atoms with E-state index in [0.717, 1.165) is 22.4 Å². The van der Waals surface area contributed by atoms with Gasteiger partial charge in [0, 0.05) is 83.3 Å². The number of hydrogen-bond donors (Lipinski definition) is 4. The molecule has 0 bridgehead atoms. The highest BCUT2D eigenvalue weighted by molar-refractivity contribution is 6.31. The van der Waals surface area contributed by atoms with E-state index in [1.807, 2.05) is 24.3 Å². The lowest BCUT2D eigenvalue weighted by atomic mass is 9.63. The molecular formula is C51H51Cl2FN6O6. The van der Waals surface area contributed by atoms with Crippen molar-refractivity contribution in [2.45, 2.75) is 88.9 Å². The summed E-state index contributed by atoms with van der Waals surface area (Å²) in [6, 6.07) is 19.1. The molecule has 3 fully saturated rings. The molecule has 5 aliphatic heterocycles. The van der Waals surface area contributed by atoms with Crippen LogP contribution < -0.4 is 26.0 Å². The Kier molecular flexibility index (Phi) is 12.1. The van der Waals surface area contributed by atoms with Crippen molar-refractivity contribution in [3.05, 3.63) is 122 Å². The summed E-state index contributed by atoms with van der Waals surface area (Å²) in [7, 11) is 1.48. The molecule has 0 aliphatic carbocycles. The summed E-state index contributed by atoms with van der Waals surface area (Å²) >= 11 is 12.9. The monoisotopic (exact) mass is 932 g/mol. The Labute approximate surface area is 393 Å². The van der Waals surface area contributed by atoms with Gasteiger partial charge in [0.05, 0.1) is 23.9 Å². The van der Waals surface area contributed by atoms with Gasteiger partial charge in [-0.25, -0.2) is 4.39 Å². The number of piperidine rings is 2. The molecule has 3 saturated heterocycles. The number of fused-ring (bicyclic) bond motifs is 3. The van der Waals surface area contributed by atoms with Crippen LogP contribution in [0.2, 0.25) is 10.0 Å². The molecule has 5 aliphatic rings. The standard InChI is InChI=1S/C51H51Cl2FN6O6/c1-50(2,3)25-41-51(27-55-38-24-31(52)14-15-35(38)51)43(33-9-6-10-36(53)44(33)54)45(57-41)47(63)56-37-16-13-30(23-40(37)66-4)48(64)59-21-19-28(20-22-59)11-12-29-7-5-8-32-34(29)26-60(49(32)65)39-17-18-42(61)58-46(39)62/h5-10,13-16,23-24,28,39,41,43,45,55,57H,17-22,25-27H2,1-4H3,(H,56,63)(H,58,61,62)/t39?,41-,43-,45+,51-/m0/s1. The number of carbonyl (C=O) groups is 5. The van der Waals surface area contributed by atoms with Gasteiger partial charge >= 0.3 is 0 Å². The van der Waals surface area contributed by atoms with Gasteiger partial charge in [-0.1, -0.05) is 80.1 Å². The zero-order chi connectivity index (χ0) is 46.7. The van der Waals surface area contributed by atoms with Crippen LogP contribution in [-0.2, 0) is 26.3 Å². The zero-order valence-corrected chi connectivity index (χ0v) is 38.7. The third-order valence-electron chi connectivity index (χ3n) is 13.8. The smallest absolute Gasteiger partial charge is 0.255 e. The fourth-order valence-corrected chi connectivity index (χ4v) is 11.1. The normalized spacial score (nSPS) is 23.8. The number of halogens is 3. The summed E-state index contributed by atoms with van der Waals surface area (Å²) < 4.78 is 22.1. The van der Waals surface area contributed by atoms with Crippen LogP contribution in [-0.4, -0.2) is 84.2 Å². The zero-order valence-electron chi connectivity index (χ0n) is 37.2. The molecule has 5 amide bonds. The Morgan fingerprint density at radius 3 is 2.50 bits per heavy atom. The van der Waals surface area contributed by atoms with E-state index in [4.69, 9.17) is 27.9 Å². The van der Waals surface area contributed by atoms with Gasteiger partial charge in [-0.3, -0.25) is 29.3 Å². The van der Waals surface area contributed by atoms with Crippen LogP contribution in [0.1, 0.15) is 102 Å². The minimum absolute atomic E-state index is 0.0159. The number of anilines is 2. The molecule has 4 N–H and O–H groups in total. The quantitative estimate of drug-likeness (QED) is 0.109. The van der Waals surface area contributed by atoms with Crippen molar-refractivity contribution in [3.63, 3.8) is 0 Å². The molecule has 1 unspecified atom stereocenters. The van der Waals surface area contributed by atoms with E-state index < -0.39 is 41.0 Å². The minimum Gasteiger partial charge on any atom is -0.495 e. The number of nitrogens with zero attached hydrogens (tertiary/aromatic N) is 2. The first-order valence-electron chi connectivity index (χ1n) is 22.4. The predicted octanol–water partition coefficient (Wildman–Crippen LogP) is 7.67. The van der Waals surface area contributed by atoms with E-state index in [9.17, 15) is 24.0 Å². The topological polar surface area (TPSA) is 149 Å². The summed E-state index contributed by atoms with van der Waals surface area (Å²) in [6.07, 6.45) is 2.43. The van der Waals surface area contributed by atoms with Gasteiger partial charge in [0.25, 0.3) is 11.8 Å². The average molecular weight is 934 g/mol. The molecule has 12 nitrogen and oxygen atoms in total. The van der Waals surface area contributed by atoms with Crippen molar-refractivity contribution in [1.29, 1.82) is 0 Å². The number of imide groups is 1. The lowest BCUT2D eigenvalue weighted by molar-refractivity contribution is -0.137. The molecule has 342 valence electrons. The summed E-state index contributed by atoms with van der Waals surface area (Å²) in [6.45, 7) is 8.06. The highest BCUT2D eigenvalue weighted by atomic mass is 35.5. The highest BCUT2D eigenvalue weighted by Gasteiger charge is 2.61. The third kappa shape index (κ3) is 8.28. The van der Waals surface area contributed by atoms with E-state index in [0.29, 0.717) is 72.0 Å². The van der Waals surface area contributed by atoms with Crippen molar-refractivity contribution in [2.24, 2.45) is 11.3 Å². The second-order valence-electron chi connectivity index (χ2n) is 19.1. The number of methoxy groups -OCH3 is 1. The second-order valence-corrected chi connectivity index (χ2v) is 20.0. The van der Waals surface area contributed by atoms with E-state index in [2.05, 4.69) is 53.9 Å². The molecule has 15 heteroatoms. The van der Waals surface area contributed by atoms with Crippen molar-refractivity contribution in [2.75, 3.05) is 37.4 Å². The second kappa shape index (κ2) is 17.7. The molecule has 0 aromatic heterocycles. The third-order valence-corrected chi connectivity index (χ3v) is 14.4. The largest absolute Gasteiger partial charge is 0.495 e. The minimum atomic E-state index is -0.901. The van der Waals surface area contributed by atoms with E-state index in [-0.39, 0.29) is 59.5 Å². The Morgan fingerprint density at radius 2 is 1.76 bits per heavy atom. The summed E-state index contributed by atoms with van der Waals surface area (Å²) in [5.74, 6) is 4.10. The lowest BCUT2D eigenvalue weighted by Crippen LogP contribution is -2.52. The maximum atomic E-state index is 16.3. The maximum absolute atomic E-state index is 16.3. The molecule has 5 heterocycles. The number of amides is 5. The summed E-state index contributed by atoms with van der Waals surface area (Å²) in [4.78, 5) is 69.5. The Morgan fingerprint density at radius 1 is 0.985 bits per heavy atom. The molecule has 1 spiro atoms. The Bertz CT molecular complexity index is 2740. The van der Waals surface area contributed by atoms with Crippen molar-refractivity contribution in [1.82, 2.24) is 20.4 Å². The molecule has 0 radical (unpaired) electrons. The number of likely N-dealkylation sites (tertiary alicyclic amines) is 1. The Hall–Kier alpha value is -5.94. The number of nitrogens with one attached hydrogen (secondary N) is 4. The number of rotatable bonds is 7. The summed E-state index contributed by atoms with van der Waals surface area (Å²) in [5, 5.41) is 13.1. The van der Waals surface area contributed by atoms with Crippen LogP contribution in [0.3, 0.4) is 0 Å². The van der Waals surface area contributed by atoms with Crippen LogP contribution >= 0.6 is 23.2 Å². The van der Waals surface area contributed by atoms with Crippen LogP contribution in [0.4, 0.5) is 15.8 Å². The van der Waals surface area contributed by atoms with Gasteiger partial charge in [-0.15, -0.1) is 0 Å². The number of ether oxygens (including phenoxy) is 1. The number of hydrogen-bond acceptors (Lipinski definition) is 8. The predicted molar refractivity (Wildman–Crippen MR) is 250 cm³/mol. The SMILES string of the molecule is COc1cc(C(=O)N2CCC(C#Cc3cccc4c3CN(C3CCC(=O)NC3=O)C4=O)CC2)ccc1NC(=O)[C@@H]1N[C@@H](CC(C)(C)C)[C@@]2(CNc3cc(Cl)ccc32)[C@H]1c1cccc(Cl)c1F. The maximum Gasteiger partial charge on any atom is 0.255 e. The molecule has 9 rings (SSSR count). The van der Waals surface area contributed by atoms with Gasteiger partial charge in [0.2, 0.25) is 17.7 Å². The fraction of sp³-hybridized carbons (Fsp3) is 0.392. The molecular weight excluding hydrogens is 883 g/mol. The molecule has 4 aromatic rings. The van der Waals surface area contributed by atoms with Crippen LogP contribution in [0, 0.1) is 29.0 Å². The molecule has 0 saturated carbocycles. The van der Waals surface area contributed by atoms with Crippen LogP contribution in [0.5, 0.6) is 5.75 Å². The number of carbonyl (C=O) groups excluding carboxylic acids is 5. The van der Waals surface area contributed by atoms with Gasteiger partial charge < -0.3 is 30.5 Å². The Balaban J connectivity index is 0.903.